The normalized spacial score (nSPS) is 12.0. The molecule has 0 unspecified atom stereocenters. The van der Waals surface area contributed by atoms with Gasteiger partial charge in [0.2, 0.25) is 0 Å². The molecular weight excluding hydrogens is 296 g/mol. The number of nitrogens with two attached hydrogens (primary N) is 1. The van der Waals surface area contributed by atoms with Crippen LogP contribution in [0, 0.1) is 0 Å². The number of methoxy groups -OCH3 is 1. The van der Waals surface area contributed by atoms with Gasteiger partial charge in [0.15, 0.2) is 5.82 Å². The third kappa shape index (κ3) is 3.12. The highest BCUT2D eigenvalue weighted by molar-refractivity contribution is 7.89. The molecule has 0 spiro atoms. The molecule has 0 radical (unpaired) electrons. The van der Waals surface area contributed by atoms with Crippen LogP contribution in [0.4, 0.5) is 0 Å². The molecule has 2 heterocycles. The maximum atomic E-state index is 11.6. The maximum absolute atomic E-state index is 11.6. The SMILES string of the molecule is CCc1cc(-c2nnc(S(N)(=O)=O)n2CCOC)n(C)n1. The van der Waals surface area contributed by atoms with Gasteiger partial charge in [-0.15, -0.1) is 10.2 Å². The van der Waals surface area contributed by atoms with Crippen LogP contribution in [0.25, 0.3) is 11.5 Å². The zero-order chi connectivity index (χ0) is 15.6. The second-order valence-electron chi connectivity index (χ2n) is 4.49. The van der Waals surface area contributed by atoms with Crippen molar-refractivity contribution in [3.05, 3.63) is 11.8 Å². The number of ether oxygens (including phenoxy) is 1. The highest BCUT2D eigenvalue weighted by atomic mass is 32.2. The van der Waals surface area contributed by atoms with Crippen LogP contribution in [0.5, 0.6) is 0 Å². The van der Waals surface area contributed by atoms with Crippen LogP contribution < -0.4 is 5.14 Å². The molecule has 21 heavy (non-hydrogen) atoms. The van der Waals surface area contributed by atoms with Crippen molar-refractivity contribution in [2.45, 2.75) is 25.0 Å². The Labute approximate surface area is 122 Å². The topological polar surface area (TPSA) is 118 Å². The van der Waals surface area contributed by atoms with E-state index in [1.165, 1.54) is 11.7 Å². The minimum absolute atomic E-state index is 0.275. The second kappa shape index (κ2) is 5.92. The molecule has 0 amide bonds. The van der Waals surface area contributed by atoms with Crippen molar-refractivity contribution in [2.75, 3.05) is 13.7 Å². The third-order valence-electron chi connectivity index (χ3n) is 3.01. The number of hydrogen-bond acceptors (Lipinski definition) is 6. The summed E-state index contributed by atoms with van der Waals surface area (Å²) in [6.45, 7) is 2.57. The van der Waals surface area contributed by atoms with Gasteiger partial charge in [0.25, 0.3) is 15.2 Å². The fraction of sp³-hybridized carbons (Fsp3) is 0.545. The fourth-order valence-electron chi connectivity index (χ4n) is 1.98. The molecule has 116 valence electrons. The maximum Gasteiger partial charge on any atom is 0.273 e. The van der Waals surface area contributed by atoms with Crippen molar-refractivity contribution < 1.29 is 13.2 Å². The van der Waals surface area contributed by atoms with E-state index in [2.05, 4.69) is 15.3 Å². The molecule has 2 N–H and O–H groups in total. The minimum atomic E-state index is -3.96. The number of rotatable bonds is 6. The van der Waals surface area contributed by atoms with Crippen LogP contribution in [-0.4, -0.2) is 46.7 Å². The molecule has 9 nitrogen and oxygen atoms in total. The Hall–Kier alpha value is -1.78. The molecule has 0 saturated carbocycles. The zero-order valence-electron chi connectivity index (χ0n) is 12.1. The quantitative estimate of drug-likeness (QED) is 0.770. The number of hydrogen-bond donors (Lipinski definition) is 1. The first-order valence-electron chi connectivity index (χ1n) is 6.36. The van der Waals surface area contributed by atoms with Gasteiger partial charge < -0.3 is 4.74 Å². The smallest absolute Gasteiger partial charge is 0.273 e. The lowest BCUT2D eigenvalue weighted by Crippen LogP contribution is -2.20. The van der Waals surface area contributed by atoms with Gasteiger partial charge in [-0.3, -0.25) is 9.25 Å². The van der Waals surface area contributed by atoms with Crippen molar-refractivity contribution in [1.82, 2.24) is 24.5 Å². The average molecular weight is 314 g/mol. The first-order valence-corrected chi connectivity index (χ1v) is 7.91. The van der Waals surface area contributed by atoms with E-state index in [9.17, 15) is 8.42 Å². The lowest BCUT2D eigenvalue weighted by atomic mass is 10.3. The van der Waals surface area contributed by atoms with Gasteiger partial charge in [-0.25, -0.2) is 13.6 Å². The molecule has 0 aliphatic carbocycles. The minimum Gasteiger partial charge on any atom is -0.383 e. The number of nitrogens with zero attached hydrogens (tertiary/aromatic N) is 5. The molecule has 0 aliphatic rings. The Morgan fingerprint density at radius 1 is 1.38 bits per heavy atom. The molecule has 0 fully saturated rings. The van der Waals surface area contributed by atoms with Gasteiger partial charge in [-0.1, -0.05) is 6.92 Å². The monoisotopic (exact) mass is 314 g/mol. The largest absolute Gasteiger partial charge is 0.383 e. The average Bonchev–Trinajstić information content (AvgIpc) is 2.98. The molecule has 2 aromatic rings. The molecule has 0 saturated heterocycles. The predicted molar refractivity (Wildman–Crippen MR) is 74.9 cm³/mol. The summed E-state index contributed by atoms with van der Waals surface area (Å²) in [5, 5.41) is 16.9. The molecule has 0 bridgehead atoms. The van der Waals surface area contributed by atoms with Crippen LogP contribution >= 0.6 is 0 Å². The first-order chi connectivity index (χ1) is 9.88. The molecule has 2 rings (SSSR count). The number of aryl methyl sites for hydroxylation is 2. The van der Waals surface area contributed by atoms with Crippen LogP contribution in [0.1, 0.15) is 12.6 Å². The Bertz CT molecular complexity index is 733. The van der Waals surface area contributed by atoms with Crippen LogP contribution in [0.2, 0.25) is 0 Å². The Kier molecular flexibility index (Phi) is 4.40. The molecule has 10 heteroatoms. The van der Waals surface area contributed by atoms with E-state index in [1.807, 2.05) is 13.0 Å². The van der Waals surface area contributed by atoms with Crippen molar-refractivity contribution in [1.29, 1.82) is 0 Å². The summed E-state index contributed by atoms with van der Waals surface area (Å²) in [5.41, 5.74) is 1.55. The zero-order valence-corrected chi connectivity index (χ0v) is 13.0. The summed E-state index contributed by atoms with van der Waals surface area (Å²) in [7, 11) is -0.667. The van der Waals surface area contributed by atoms with Gasteiger partial charge in [-0.2, -0.15) is 5.10 Å². The van der Waals surface area contributed by atoms with Crippen molar-refractivity contribution in [2.24, 2.45) is 12.2 Å². The van der Waals surface area contributed by atoms with Gasteiger partial charge in [0.05, 0.1) is 18.8 Å². The van der Waals surface area contributed by atoms with E-state index in [-0.39, 0.29) is 11.7 Å². The summed E-state index contributed by atoms with van der Waals surface area (Å²) >= 11 is 0. The summed E-state index contributed by atoms with van der Waals surface area (Å²) in [6, 6.07) is 1.85. The van der Waals surface area contributed by atoms with Crippen LogP contribution in [0.3, 0.4) is 0 Å². The Morgan fingerprint density at radius 2 is 2.10 bits per heavy atom. The first kappa shape index (κ1) is 15.6. The highest BCUT2D eigenvalue weighted by Crippen LogP contribution is 2.21. The van der Waals surface area contributed by atoms with E-state index in [0.717, 1.165) is 12.1 Å². The summed E-state index contributed by atoms with van der Waals surface area (Å²) < 4.78 is 31.3. The van der Waals surface area contributed by atoms with Crippen LogP contribution in [-0.2, 0) is 34.8 Å². The van der Waals surface area contributed by atoms with Crippen molar-refractivity contribution in [3.63, 3.8) is 0 Å². The number of primary sulfonamides is 1. The molecule has 2 aromatic heterocycles. The predicted octanol–water partition coefficient (Wildman–Crippen LogP) is -0.465. The van der Waals surface area contributed by atoms with Crippen molar-refractivity contribution in [3.8, 4) is 11.5 Å². The molecule has 0 aromatic carbocycles. The standard InChI is InChI=1S/C11H18N6O3S/c1-4-8-7-9(16(2)15-8)10-13-14-11(21(12,18)19)17(10)5-6-20-3/h7H,4-6H2,1-3H3,(H2,12,18,19). The van der Waals surface area contributed by atoms with Gasteiger partial charge in [-0.05, 0) is 12.5 Å². The summed E-state index contributed by atoms with van der Waals surface area (Å²) in [5.74, 6) is 0.394. The molecule has 0 aliphatic heterocycles. The van der Waals surface area contributed by atoms with Gasteiger partial charge >= 0.3 is 0 Å². The van der Waals surface area contributed by atoms with E-state index in [0.29, 0.717) is 18.1 Å². The van der Waals surface area contributed by atoms with Gasteiger partial charge in [0.1, 0.15) is 5.69 Å². The van der Waals surface area contributed by atoms with Crippen molar-refractivity contribution >= 4 is 10.0 Å². The van der Waals surface area contributed by atoms with E-state index < -0.39 is 10.0 Å². The van der Waals surface area contributed by atoms with E-state index in [4.69, 9.17) is 9.88 Å². The summed E-state index contributed by atoms with van der Waals surface area (Å²) in [4.78, 5) is 0. The van der Waals surface area contributed by atoms with Crippen LogP contribution in [0.15, 0.2) is 11.2 Å². The lowest BCUT2D eigenvalue weighted by Gasteiger charge is -2.08. The van der Waals surface area contributed by atoms with E-state index in [1.54, 1.807) is 11.7 Å². The Morgan fingerprint density at radius 3 is 2.62 bits per heavy atom. The second-order valence-corrected chi connectivity index (χ2v) is 5.95. The van der Waals surface area contributed by atoms with Gasteiger partial charge in [0, 0.05) is 14.2 Å². The van der Waals surface area contributed by atoms with E-state index >= 15 is 0 Å². The number of aromatic nitrogens is 5. The lowest BCUT2D eigenvalue weighted by molar-refractivity contribution is 0.185. The Balaban J connectivity index is 2.57. The molecular formula is C11H18N6O3S. The number of sulfonamides is 1. The molecule has 0 atom stereocenters. The fourth-order valence-corrected chi connectivity index (χ4v) is 2.62. The highest BCUT2D eigenvalue weighted by Gasteiger charge is 2.23. The summed E-state index contributed by atoms with van der Waals surface area (Å²) in [6.07, 6.45) is 0.766. The third-order valence-corrected chi connectivity index (χ3v) is 3.82.